The van der Waals surface area contributed by atoms with Gasteiger partial charge in [-0.2, -0.15) is 4.98 Å². The number of thiophene rings is 1. The summed E-state index contributed by atoms with van der Waals surface area (Å²) in [5.74, 6) is 0.333. The predicted molar refractivity (Wildman–Crippen MR) is 111 cm³/mol. The van der Waals surface area contributed by atoms with E-state index < -0.39 is 6.04 Å². The van der Waals surface area contributed by atoms with Crippen LogP contribution in [0.3, 0.4) is 0 Å². The van der Waals surface area contributed by atoms with E-state index in [9.17, 15) is 9.18 Å². The number of aromatic nitrogens is 3. The Morgan fingerprint density at radius 2 is 2.17 bits per heavy atom. The summed E-state index contributed by atoms with van der Waals surface area (Å²) in [4.78, 5) is 18.2. The molecule has 1 N–H and O–H groups in total. The number of fused-ring (bicyclic) bond motifs is 1. The fourth-order valence-electron chi connectivity index (χ4n) is 3.13. The molecular weight excluding hydrogens is 411 g/mol. The van der Waals surface area contributed by atoms with Crippen LogP contribution in [0.5, 0.6) is 0 Å². The van der Waals surface area contributed by atoms with Gasteiger partial charge in [-0.3, -0.25) is 0 Å². The van der Waals surface area contributed by atoms with Gasteiger partial charge in [-0.25, -0.2) is 13.9 Å². The SMILES string of the molecule is CCOC(=O)C1=C(C)Nc2nc(SCc3ccccc3F)nn2[C@H]1c1cccs1. The van der Waals surface area contributed by atoms with Crippen LogP contribution in [0, 0.1) is 5.82 Å². The number of anilines is 1. The lowest BCUT2D eigenvalue weighted by atomic mass is 10.0. The van der Waals surface area contributed by atoms with Crippen molar-refractivity contribution in [3.8, 4) is 0 Å². The van der Waals surface area contributed by atoms with Crippen molar-refractivity contribution in [2.45, 2.75) is 30.8 Å². The maximum absolute atomic E-state index is 13.9. The monoisotopic (exact) mass is 430 g/mol. The highest BCUT2D eigenvalue weighted by atomic mass is 32.2. The first-order chi connectivity index (χ1) is 14.1. The van der Waals surface area contributed by atoms with Gasteiger partial charge >= 0.3 is 5.97 Å². The smallest absolute Gasteiger partial charge is 0.338 e. The zero-order valence-electron chi connectivity index (χ0n) is 15.9. The van der Waals surface area contributed by atoms with E-state index in [0.717, 1.165) is 4.88 Å². The van der Waals surface area contributed by atoms with Gasteiger partial charge in [0.05, 0.1) is 12.2 Å². The molecule has 0 unspecified atom stereocenters. The number of nitrogens with one attached hydrogen (secondary N) is 1. The lowest BCUT2D eigenvalue weighted by molar-refractivity contribution is -0.139. The van der Waals surface area contributed by atoms with Crippen LogP contribution < -0.4 is 5.32 Å². The maximum atomic E-state index is 13.9. The van der Waals surface area contributed by atoms with Crippen LogP contribution >= 0.6 is 23.1 Å². The first kappa shape index (κ1) is 19.7. The van der Waals surface area contributed by atoms with E-state index in [4.69, 9.17) is 4.74 Å². The average Bonchev–Trinajstić information content (AvgIpc) is 3.36. The van der Waals surface area contributed by atoms with Crippen LogP contribution in [0.25, 0.3) is 0 Å². The molecule has 1 aromatic carbocycles. The summed E-state index contributed by atoms with van der Waals surface area (Å²) in [5.41, 5.74) is 1.79. The molecule has 1 aliphatic heterocycles. The van der Waals surface area contributed by atoms with Gasteiger partial charge in [0.1, 0.15) is 11.9 Å². The fourth-order valence-corrected chi connectivity index (χ4v) is 4.77. The number of thioether (sulfide) groups is 1. The molecule has 3 aromatic rings. The second kappa shape index (κ2) is 8.38. The third-order valence-electron chi connectivity index (χ3n) is 4.46. The van der Waals surface area contributed by atoms with Crippen molar-refractivity contribution in [1.29, 1.82) is 0 Å². The summed E-state index contributed by atoms with van der Waals surface area (Å²) >= 11 is 2.89. The standard InChI is InChI=1S/C20H19FN4O2S2/c1-3-27-18(26)16-12(2)22-19-23-20(29-11-13-7-4-5-8-14(13)21)24-25(19)17(16)15-9-6-10-28-15/h4-10,17H,3,11H2,1-2H3,(H,22,23,24)/t17-/m0/s1. The highest BCUT2D eigenvalue weighted by Crippen LogP contribution is 2.38. The molecule has 0 saturated heterocycles. The molecule has 0 amide bonds. The Morgan fingerprint density at radius 3 is 2.90 bits per heavy atom. The zero-order valence-corrected chi connectivity index (χ0v) is 17.5. The van der Waals surface area contributed by atoms with E-state index in [0.29, 0.717) is 40.3 Å². The van der Waals surface area contributed by atoms with Gasteiger partial charge in [-0.1, -0.05) is 36.0 Å². The highest BCUT2D eigenvalue weighted by molar-refractivity contribution is 7.98. The van der Waals surface area contributed by atoms with Crippen LogP contribution in [-0.4, -0.2) is 27.3 Å². The summed E-state index contributed by atoms with van der Waals surface area (Å²) in [6.07, 6.45) is 0. The third-order valence-corrected chi connectivity index (χ3v) is 6.27. The van der Waals surface area contributed by atoms with Gasteiger partial charge < -0.3 is 10.1 Å². The first-order valence-electron chi connectivity index (χ1n) is 9.09. The second-order valence-corrected chi connectivity index (χ2v) is 8.27. The minimum Gasteiger partial charge on any atom is -0.463 e. The van der Waals surface area contributed by atoms with Crippen molar-refractivity contribution in [2.75, 3.05) is 11.9 Å². The number of esters is 1. The van der Waals surface area contributed by atoms with Crippen LogP contribution in [0.2, 0.25) is 0 Å². The molecule has 0 saturated carbocycles. The summed E-state index contributed by atoms with van der Waals surface area (Å²) < 4.78 is 20.9. The number of benzene rings is 1. The van der Waals surface area contributed by atoms with Crippen LogP contribution in [0.15, 0.2) is 58.2 Å². The van der Waals surface area contributed by atoms with Gasteiger partial charge in [0, 0.05) is 16.3 Å². The number of hydrogen-bond acceptors (Lipinski definition) is 7. The van der Waals surface area contributed by atoms with E-state index in [1.807, 2.05) is 24.4 Å². The van der Waals surface area contributed by atoms with Crippen molar-refractivity contribution in [1.82, 2.24) is 14.8 Å². The van der Waals surface area contributed by atoms with Crippen molar-refractivity contribution < 1.29 is 13.9 Å². The van der Waals surface area contributed by atoms with Crippen molar-refractivity contribution in [3.05, 3.63) is 69.3 Å². The van der Waals surface area contributed by atoms with Crippen LogP contribution in [0.4, 0.5) is 10.3 Å². The van der Waals surface area contributed by atoms with Crippen LogP contribution in [-0.2, 0) is 15.3 Å². The van der Waals surface area contributed by atoms with E-state index in [-0.39, 0.29) is 11.8 Å². The molecule has 4 rings (SSSR count). The number of carbonyl (C=O) groups is 1. The van der Waals surface area contributed by atoms with Crippen LogP contribution in [0.1, 0.15) is 30.3 Å². The number of allylic oxidation sites excluding steroid dienone is 1. The molecule has 0 bridgehead atoms. The molecule has 1 aliphatic rings. The molecule has 6 nitrogen and oxygen atoms in total. The first-order valence-corrected chi connectivity index (χ1v) is 11.0. The summed E-state index contributed by atoms with van der Waals surface area (Å²) in [5, 5.41) is 10.2. The highest BCUT2D eigenvalue weighted by Gasteiger charge is 2.35. The van der Waals surface area contributed by atoms with Gasteiger partial charge in [0.2, 0.25) is 11.1 Å². The largest absolute Gasteiger partial charge is 0.463 e. The molecule has 29 heavy (non-hydrogen) atoms. The summed E-state index contributed by atoms with van der Waals surface area (Å²) in [7, 11) is 0. The van der Waals surface area contributed by atoms with Gasteiger partial charge in [0.15, 0.2) is 0 Å². The van der Waals surface area contributed by atoms with E-state index >= 15 is 0 Å². The number of halogens is 1. The Kier molecular flexibility index (Phi) is 5.68. The number of ether oxygens (including phenoxy) is 1. The van der Waals surface area contributed by atoms with Crippen molar-refractivity contribution in [3.63, 3.8) is 0 Å². The second-order valence-electron chi connectivity index (χ2n) is 6.34. The fraction of sp³-hybridized carbons (Fsp3) is 0.250. The minimum absolute atomic E-state index is 0.249. The number of hydrogen-bond donors (Lipinski definition) is 1. The molecule has 0 aliphatic carbocycles. The van der Waals surface area contributed by atoms with Gasteiger partial charge in [-0.05, 0) is 36.9 Å². The molecular formula is C20H19FN4O2S2. The third kappa shape index (κ3) is 3.92. The Labute approximate surface area is 175 Å². The molecule has 150 valence electrons. The van der Waals surface area contributed by atoms with Crippen molar-refractivity contribution >= 4 is 35.0 Å². The normalized spacial score (nSPS) is 15.8. The predicted octanol–water partition coefficient (Wildman–Crippen LogP) is 4.62. The number of carbonyl (C=O) groups excluding carboxylic acids is 1. The molecule has 0 radical (unpaired) electrons. The van der Waals surface area contributed by atoms with Crippen molar-refractivity contribution in [2.24, 2.45) is 0 Å². The lowest BCUT2D eigenvalue weighted by Crippen LogP contribution is -2.29. The van der Waals surface area contributed by atoms with Gasteiger partial charge in [-0.15, -0.1) is 16.4 Å². The lowest BCUT2D eigenvalue weighted by Gasteiger charge is -2.26. The van der Waals surface area contributed by atoms with E-state index in [1.54, 1.807) is 41.1 Å². The Hall–Kier alpha value is -2.65. The zero-order chi connectivity index (χ0) is 20.4. The molecule has 3 heterocycles. The molecule has 0 fully saturated rings. The Morgan fingerprint density at radius 1 is 1.34 bits per heavy atom. The minimum atomic E-state index is -0.416. The van der Waals surface area contributed by atoms with E-state index in [1.165, 1.54) is 17.8 Å². The molecule has 1 atom stereocenters. The topological polar surface area (TPSA) is 69.0 Å². The molecule has 2 aromatic heterocycles. The number of rotatable bonds is 6. The summed E-state index contributed by atoms with van der Waals surface area (Å²) in [6, 6.07) is 10.1. The Bertz CT molecular complexity index is 1060. The quantitative estimate of drug-likeness (QED) is 0.455. The number of nitrogens with zero attached hydrogens (tertiary/aromatic N) is 3. The average molecular weight is 431 g/mol. The molecule has 0 spiro atoms. The molecule has 9 heteroatoms. The Balaban J connectivity index is 1.66. The maximum Gasteiger partial charge on any atom is 0.338 e. The van der Waals surface area contributed by atoms with E-state index in [2.05, 4.69) is 15.4 Å². The summed E-state index contributed by atoms with van der Waals surface area (Å²) in [6.45, 7) is 3.90. The van der Waals surface area contributed by atoms with Gasteiger partial charge in [0.25, 0.3) is 0 Å².